The molecule has 0 atom stereocenters. The summed E-state index contributed by atoms with van der Waals surface area (Å²) in [5.74, 6) is 0.467. The summed E-state index contributed by atoms with van der Waals surface area (Å²) in [6, 6.07) is 7.83. The summed E-state index contributed by atoms with van der Waals surface area (Å²) in [5, 5.41) is 4.99. The molecule has 0 aliphatic carbocycles. The number of aromatic nitrogens is 3. The van der Waals surface area contributed by atoms with Crippen molar-refractivity contribution < 1.29 is 27.5 Å². The summed E-state index contributed by atoms with van der Waals surface area (Å²) in [6.07, 6.45) is -1.58. The second kappa shape index (κ2) is 10.4. The normalized spacial score (nSPS) is 13.9. The number of anilines is 3. The lowest BCUT2D eigenvalue weighted by atomic mass is 10.3. The predicted octanol–water partition coefficient (Wildman–Crippen LogP) is 4.08. The molecule has 190 valence electrons. The first-order chi connectivity index (χ1) is 17.1. The maximum atomic E-state index is 13.0. The molecule has 0 saturated carbocycles. The van der Waals surface area contributed by atoms with E-state index in [1.54, 1.807) is 18.1 Å². The van der Waals surface area contributed by atoms with Gasteiger partial charge in [-0.05, 0) is 52.3 Å². The van der Waals surface area contributed by atoms with Crippen LogP contribution in [0.1, 0.15) is 10.6 Å². The van der Waals surface area contributed by atoms with Gasteiger partial charge in [0, 0.05) is 55.8 Å². The maximum absolute atomic E-state index is 13.0. The first-order valence-corrected chi connectivity index (χ1v) is 11.5. The van der Waals surface area contributed by atoms with Crippen LogP contribution in [0.4, 0.5) is 35.3 Å². The molecule has 0 spiro atoms. The third-order valence-corrected chi connectivity index (χ3v) is 5.73. The van der Waals surface area contributed by atoms with Crippen molar-refractivity contribution in [3.05, 3.63) is 59.1 Å². The van der Waals surface area contributed by atoms with Crippen molar-refractivity contribution >= 4 is 45.2 Å². The lowest BCUT2D eigenvalue weighted by Crippen LogP contribution is -2.49. The fraction of sp³-hybridized carbons (Fsp3) is 0.273. The van der Waals surface area contributed by atoms with Crippen LogP contribution in [0.2, 0.25) is 0 Å². The van der Waals surface area contributed by atoms with Crippen LogP contribution in [0, 0.1) is 0 Å². The van der Waals surface area contributed by atoms with Crippen LogP contribution < -0.4 is 20.3 Å². The van der Waals surface area contributed by atoms with E-state index in [1.165, 1.54) is 22.9 Å². The zero-order valence-corrected chi connectivity index (χ0v) is 20.5. The Kier molecular flexibility index (Phi) is 7.33. The fourth-order valence-corrected chi connectivity index (χ4v) is 3.81. The van der Waals surface area contributed by atoms with Gasteiger partial charge in [-0.2, -0.15) is 0 Å². The molecule has 36 heavy (non-hydrogen) atoms. The molecule has 1 fully saturated rings. The number of ether oxygens (including phenoxy) is 1. The highest BCUT2D eigenvalue weighted by Crippen LogP contribution is 2.24. The monoisotopic (exact) mass is 567 g/mol. The molecule has 1 aliphatic heterocycles. The number of carbonyl (C=O) groups is 2. The van der Waals surface area contributed by atoms with Gasteiger partial charge < -0.3 is 24.4 Å². The quantitative estimate of drug-likeness (QED) is 0.481. The highest BCUT2D eigenvalue weighted by Gasteiger charge is 2.31. The maximum Gasteiger partial charge on any atom is 0.573 e. The lowest BCUT2D eigenvalue weighted by molar-refractivity contribution is -0.274. The number of piperazine rings is 1. The van der Waals surface area contributed by atoms with E-state index in [-0.39, 0.29) is 23.2 Å². The van der Waals surface area contributed by atoms with Crippen molar-refractivity contribution in [2.75, 3.05) is 41.7 Å². The number of hydrogen-bond acceptors (Lipinski definition) is 6. The zero-order valence-electron chi connectivity index (χ0n) is 18.9. The summed E-state index contributed by atoms with van der Waals surface area (Å²) in [5.41, 5.74) is 0.243. The minimum atomic E-state index is -4.80. The summed E-state index contributed by atoms with van der Waals surface area (Å²) in [7, 11) is 1.64. The summed E-state index contributed by atoms with van der Waals surface area (Å²) < 4.78 is 43.0. The fourth-order valence-electron chi connectivity index (χ4n) is 3.58. The Morgan fingerprint density at radius 2 is 1.72 bits per heavy atom. The summed E-state index contributed by atoms with van der Waals surface area (Å²) in [6.45, 7) is 2.21. The van der Waals surface area contributed by atoms with Gasteiger partial charge >= 0.3 is 12.4 Å². The summed E-state index contributed by atoms with van der Waals surface area (Å²) >= 11 is 3.36. The van der Waals surface area contributed by atoms with E-state index in [1.807, 2.05) is 12.1 Å². The predicted molar refractivity (Wildman–Crippen MR) is 129 cm³/mol. The molecule has 1 aromatic carbocycles. The molecule has 2 N–H and O–H groups in total. The highest BCUT2D eigenvalue weighted by molar-refractivity contribution is 9.10. The van der Waals surface area contributed by atoms with Crippen LogP contribution in [-0.2, 0) is 7.05 Å². The molecular weight excluding hydrogens is 547 g/mol. The van der Waals surface area contributed by atoms with Crippen LogP contribution in [0.5, 0.6) is 5.75 Å². The third kappa shape index (κ3) is 6.44. The van der Waals surface area contributed by atoms with E-state index in [4.69, 9.17) is 0 Å². The zero-order chi connectivity index (χ0) is 25.9. The van der Waals surface area contributed by atoms with Crippen molar-refractivity contribution in [3.63, 3.8) is 0 Å². The second-order valence-corrected chi connectivity index (χ2v) is 8.74. The van der Waals surface area contributed by atoms with E-state index in [2.05, 4.69) is 46.2 Å². The van der Waals surface area contributed by atoms with Gasteiger partial charge in [0.05, 0.1) is 0 Å². The molecule has 3 heterocycles. The number of amides is 3. The number of hydrogen-bond donors (Lipinski definition) is 2. The number of alkyl halides is 3. The van der Waals surface area contributed by atoms with Gasteiger partial charge in [0.25, 0.3) is 5.91 Å². The average molecular weight is 568 g/mol. The number of pyridine rings is 1. The lowest BCUT2D eigenvalue weighted by Gasteiger charge is -2.35. The number of benzene rings is 1. The number of carbonyl (C=O) groups excluding carboxylic acids is 2. The summed E-state index contributed by atoms with van der Waals surface area (Å²) in [4.78, 5) is 37.7. The molecule has 0 bridgehead atoms. The Bertz CT molecular complexity index is 1230. The van der Waals surface area contributed by atoms with Gasteiger partial charge in [0.15, 0.2) is 5.82 Å². The van der Waals surface area contributed by atoms with Gasteiger partial charge in [0.2, 0.25) is 5.82 Å². The Labute approximate surface area is 212 Å². The van der Waals surface area contributed by atoms with Crippen LogP contribution in [0.25, 0.3) is 0 Å². The van der Waals surface area contributed by atoms with Gasteiger partial charge in [-0.1, -0.05) is 0 Å². The highest BCUT2D eigenvalue weighted by atomic mass is 79.9. The largest absolute Gasteiger partial charge is 0.573 e. The van der Waals surface area contributed by atoms with E-state index >= 15 is 0 Å². The van der Waals surface area contributed by atoms with Gasteiger partial charge in [0.1, 0.15) is 11.6 Å². The first-order valence-electron chi connectivity index (χ1n) is 10.7. The van der Waals surface area contributed by atoms with E-state index in [0.29, 0.717) is 26.2 Å². The molecule has 1 saturated heterocycles. The molecule has 3 aromatic rings. The number of nitrogens with zero attached hydrogens (tertiary/aromatic N) is 5. The molecule has 10 nitrogen and oxygen atoms in total. The van der Waals surface area contributed by atoms with Crippen molar-refractivity contribution in [1.82, 2.24) is 19.4 Å². The van der Waals surface area contributed by atoms with Crippen LogP contribution in [0.15, 0.2) is 53.3 Å². The van der Waals surface area contributed by atoms with E-state index in [0.717, 1.165) is 22.4 Å². The minimum Gasteiger partial charge on any atom is -0.406 e. The van der Waals surface area contributed by atoms with Crippen molar-refractivity contribution in [1.29, 1.82) is 0 Å². The van der Waals surface area contributed by atoms with Gasteiger partial charge in [-0.3, -0.25) is 10.1 Å². The molecule has 3 amide bonds. The SMILES string of the molecule is Cn1cc(NC(=O)Nc2ccc(OC(F)(F)F)cc2)nc1C(=O)N1CCN(c2ccc(Br)cn2)CC1. The molecule has 0 unspecified atom stereocenters. The Hall–Kier alpha value is -3.81. The van der Waals surface area contributed by atoms with Crippen molar-refractivity contribution in [3.8, 4) is 5.75 Å². The minimum absolute atomic E-state index is 0.146. The Morgan fingerprint density at radius 3 is 2.33 bits per heavy atom. The molecule has 4 rings (SSSR count). The Morgan fingerprint density at radius 1 is 1.03 bits per heavy atom. The molecular formula is C22H21BrF3N7O3. The smallest absolute Gasteiger partial charge is 0.406 e. The van der Waals surface area contributed by atoms with Crippen molar-refractivity contribution in [2.24, 2.45) is 7.05 Å². The van der Waals surface area contributed by atoms with Crippen LogP contribution in [-0.4, -0.2) is 63.9 Å². The Balaban J connectivity index is 1.31. The number of nitrogens with one attached hydrogen (secondary N) is 2. The topological polar surface area (TPSA) is 105 Å². The number of imidazole rings is 1. The molecule has 14 heteroatoms. The standard InChI is InChI=1S/C22H21BrF3N7O3/c1-31-13-17(30-21(35)28-15-3-5-16(6-4-15)36-22(24,25)26)29-19(31)20(34)33-10-8-32(9-11-33)18-7-2-14(23)12-27-18/h2-7,12-13H,8-11H2,1H3,(H2,28,30,35). The second-order valence-electron chi connectivity index (χ2n) is 7.83. The molecule has 0 radical (unpaired) electrons. The van der Waals surface area contributed by atoms with Crippen molar-refractivity contribution in [2.45, 2.75) is 6.36 Å². The van der Waals surface area contributed by atoms with Gasteiger partial charge in [-0.15, -0.1) is 13.2 Å². The number of rotatable bonds is 5. The first kappa shape index (κ1) is 25.3. The number of urea groups is 1. The number of aryl methyl sites for hydroxylation is 1. The van der Waals surface area contributed by atoms with Crippen LogP contribution >= 0.6 is 15.9 Å². The molecule has 2 aromatic heterocycles. The van der Waals surface area contributed by atoms with E-state index < -0.39 is 18.1 Å². The van der Waals surface area contributed by atoms with Crippen LogP contribution in [0.3, 0.4) is 0 Å². The van der Waals surface area contributed by atoms with E-state index in [9.17, 15) is 22.8 Å². The van der Waals surface area contributed by atoms with Gasteiger partial charge in [-0.25, -0.2) is 14.8 Å². The third-order valence-electron chi connectivity index (χ3n) is 5.26. The number of halogens is 4. The average Bonchev–Trinajstić information content (AvgIpc) is 3.19. The molecule has 1 aliphatic rings.